The van der Waals surface area contributed by atoms with Gasteiger partial charge in [-0.3, -0.25) is 9.59 Å². The smallest absolute Gasteiger partial charge is 0.334 e. The third-order valence-corrected chi connectivity index (χ3v) is 4.53. The molecule has 2 atom stereocenters. The third kappa shape index (κ3) is 5.41. The van der Waals surface area contributed by atoms with Crippen LogP contribution in [0.2, 0.25) is 0 Å². The van der Waals surface area contributed by atoms with Crippen molar-refractivity contribution in [1.29, 1.82) is 0 Å². The number of ether oxygens (including phenoxy) is 2. The maximum atomic E-state index is 11.8. The van der Waals surface area contributed by atoms with E-state index in [1.807, 2.05) is 26.0 Å². The van der Waals surface area contributed by atoms with Crippen LogP contribution in [0.1, 0.15) is 46.0 Å². The summed E-state index contributed by atoms with van der Waals surface area (Å²) in [5.74, 6) is -0.485. The van der Waals surface area contributed by atoms with Crippen molar-refractivity contribution in [2.45, 2.75) is 52.1 Å². The molecule has 0 bridgehead atoms. The summed E-state index contributed by atoms with van der Waals surface area (Å²) >= 11 is 0. The highest BCUT2D eigenvalue weighted by Crippen LogP contribution is 2.34. The lowest BCUT2D eigenvalue weighted by Crippen LogP contribution is -2.18. The molecule has 1 aliphatic carbocycles. The fourth-order valence-electron chi connectivity index (χ4n) is 3.10. The fourth-order valence-corrected chi connectivity index (χ4v) is 3.10. The second kappa shape index (κ2) is 8.79. The number of rotatable bonds is 5. The minimum atomic E-state index is -0.391. The van der Waals surface area contributed by atoms with E-state index < -0.39 is 5.97 Å². The van der Waals surface area contributed by atoms with Crippen molar-refractivity contribution in [2.24, 2.45) is 11.8 Å². The molecule has 5 nitrogen and oxygen atoms in total. The third-order valence-electron chi connectivity index (χ3n) is 4.53. The summed E-state index contributed by atoms with van der Waals surface area (Å²) in [5, 5.41) is 0. The second-order valence-electron chi connectivity index (χ2n) is 7.07. The molecule has 0 spiro atoms. The number of esters is 2. The van der Waals surface area contributed by atoms with Crippen molar-refractivity contribution in [2.75, 3.05) is 6.61 Å². The maximum absolute atomic E-state index is 11.8. The Hall–Kier alpha value is -2.17. The van der Waals surface area contributed by atoms with E-state index in [4.69, 9.17) is 9.47 Å². The number of carbonyl (C=O) groups excluding carboxylic acids is 3. The van der Waals surface area contributed by atoms with Gasteiger partial charge in [0.2, 0.25) is 0 Å². The first-order chi connectivity index (χ1) is 11.9. The summed E-state index contributed by atoms with van der Waals surface area (Å²) in [6.45, 7) is 8.02. The first-order valence-corrected chi connectivity index (χ1v) is 8.78. The van der Waals surface area contributed by atoms with E-state index in [9.17, 15) is 14.4 Å². The first kappa shape index (κ1) is 19.2. The van der Waals surface area contributed by atoms with Gasteiger partial charge in [-0.15, -0.1) is 0 Å². The van der Waals surface area contributed by atoms with E-state index in [1.54, 1.807) is 0 Å². The summed E-state index contributed by atoms with van der Waals surface area (Å²) in [4.78, 5) is 34.8. The monoisotopic (exact) mass is 346 g/mol. The number of hydrogen-bond donors (Lipinski definition) is 0. The number of carbonyl (C=O) groups is 3. The molecule has 1 fully saturated rings. The molecule has 1 heterocycles. The molecule has 2 rings (SSSR count). The largest absolute Gasteiger partial charge is 0.461 e. The summed E-state index contributed by atoms with van der Waals surface area (Å²) in [6.07, 6.45) is 7.17. The van der Waals surface area contributed by atoms with E-state index in [0.29, 0.717) is 43.3 Å². The van der Waals surface area contributed by atoms with Crippen molar-refractivity contribution in [3.05, 3.63) is 35.5 Å². The van der Waals surface area contributed by atoms with Crippen LogP contribution < -0.4 is 0 Å². The van der Waals surface area contributed by atoms with Gasteiger partial charge < -0.3 is 9.47 Å². The topological polar surface area (TPSA) is 69.7 Å². The average Bonchev–Trinajstić information content (AvgIpc) is 2.82. The Kier molecular flexibility index (Phi) is 6.73. The van der Waals surface area contributed by atoms with Crippen molar-refractivity contribution in [3.8, 4) is 0 Å². The normalized spacial score (nSPS) is 28.3. The molecule has 0 radical (unpaired) electrons. The average molecular weight is 346 g/mol. The van der Waals surface area contributed by atoms with Crippen LogP contribution in [0.5, 0.6) is 0 Å². The zero-order valence-corrected chi connectivity index (χ0v) is 15.0. The van der Waals surface area contributed by atoms with Gasteiger partial charge in [-0.2, -0.15) is 0 Å². The van der Waals surface area contributed by atoms with Crippen LogP contribution in [0.15, 0.2) is 35.5 Å². The van der Waals surface area contributed by atoms with Gasteiger partial charge in [0.1, 0.15) is 19.0 Å². The zero-order chi connectivity index (χ0) is 18.4. The highest BCUT2D eigenvalue weighted by Gasteiger charge is 2.38. The van der Waals surface area contributed by atoms with Gasteiger partial charge in [0.15, 0.2) is 0 Å². The van der Waals surface area contributed by atoms with Crippen LogP contribution in [0, 0.1) is 11.8 Å². The lowest BCUT2D eigenvalue weighted by molar-refractivity contribution is -0.143. The molecule has 0 aromatic heterocycles. The Morgan fingerprint density at radius 1 is 1.44 bits per heavy atom. The minimum absolute atomic E-state index is 0.143. The number of allylic oxidation sites excluding steroid dienone is 2. The van der Waals surface area contributed by atoms with Gasteiger partial charge in [0.25, 0.3) is 0 Å². The Balaban J connectivity index is 2.09. The summed E-state index contributed by atoms with van der Waals surface area (Å²) in [7, 11) is 0. The molecule has 2 aliphatic rings. The van der Waals surface area contributed by atoms with E-state index in [-0.39, 0.29) is 30.5 Å². The molecular weight excluding hydrogens is 320 g/mol. The van der Waals surface area contributed by atoms with Gasteiger partial charge in [0, 0.05) is 24.3 Å². The molecule has 1 saturated heterocycles. The Labute approximate surface area is 148 Å². The molecule has 5 heteroatoms. The number of aldehydes is 1. The maximum Gasteiger partial charge on any atom is 0.334 e. The summed E-state index contributed by atoms with van der Waals surface area (Å²) in [6, 6.07) is 0. The zero-order valence-electron chi connectivity index (χ0n) is 15.0. The van der Waals surface area contributed by atoms with Gasteiger partial charge in [-0.05, 0) is 36.3 Å². The molecule has 0 N–H and O–H groups in total. The molecule has 0 unspecified atom stereocenters. The highest BCUT2D eigenvalue weighted by atomic mass is 16.6. The lowest BCUT2D eigenvalue weighted by Gasteiger charge is -2.18. The quantitative estimate of drug-likeness (QED) is 0.331. The highest BCUT2D eigenvalue weighted by molar-refractivity contribution is 5.91. The SMILES string of the molecule is C=C1C(=O)O[C@H]2C/C(C=O)=C/CC/C(COC(=O)CC(C)C)=C/C[C@H]12. The molecule has 25 heavy (non-hydrogen) atoms. The minimum Gasteiger partial charge on any atom is -0.461 e. The summed E-state index contributed by atoms with van der Waals surface area (Å²) in [5.41, 5.74) is 2.07. The van der Waals surface area contributed by atoms with E-state index in [2.05, 4.69) is 6.58 Å². The van der Waals surface area contributed by atoms with E-state index in [1.165, 1.54) is 0 Å². The number of fused-ring (bicyclic) bond motifs is 1. The second-order valence-corrected chi connectivity index (χ2v) is 7.07. The van der Waals surface area contributed by atoms with E-state index in [0.717, 1.165) is 11.9 Å². The summed E-state index contributed by atoms with van der Waals surface area (Å²) < 4.78 is 10.7. The van der Waals surface area contributed by atoms with Crippen LogP contribution in [0.25, 0.3) is 0 Å². The number of hydrogen-bond acceptors (Lipinski definition) is 5. The lowest BCUT2D eigenvalue weighted by atomic mass is 9.88. The predicted molar refractivity (Wildman–Crippen MR) is 93.6 cm³/mol. The molecular formula is C20H26O5. The van der Waals surface area contributed by atoms with Gasteiger partial charge in [-0.25, -0.2) is 4.79 Å². The molecule has 0 aromatic carbocycles. The van der Waals surface area contributed by atoms with E-state index >= 15 is 0 Å². The standard InChI is InChI=1S/C20H26O5/c1-13(2)9-19(22)24-12-15-5-4-6-16(11-21)10-18-17(8-7-15)14(3)20(23)25-18/h6-7,11,13,17-18H,3-5,8-10,12H2,1-2H3/b15-7-,16-6-/t17-,18+/m1/s1. The van der Waals surface area contributed by atoms with Crippen molar-refractivity contribution in [3.63, 3.8) is 0 Å². The van der Waals surface area contributed by atoms with Crippen LogP contribution >= 0.6 is 0 Å². The van der Waals surface area contributed by atoms with Crippen molar-refractivity contribution < 1.29 is 23.9 Å². The van der Waals surface area contributed by atoms with Crippen LogP contribution in [0.3, 0.4) is 0 Å². The molecule has 0 aromatic rings. The van der Waals surface area contributed by atoms with Crippen LogP contribution in [-0.4, -0.2) is 30.9 Å². The van der Waals surface area contributed by atoms with Gasteiger partial charge >= 0.3 is 11.9 Å². The Morgan fingerprint density at radius 3 is 2.88 bits per heavy atom. The van der Waals surface area contributed by atoms with Gasteiger partial charge in [0.05, 0.1) is 0 Å². The Bertz CT molecular complexity index is 612. The van der Waals surface area contributed by atoms with Crippen LogP contribution in [-0.2, 0) is 23.9 Å². The molecule has 1 aliphatic heterocycles. The first-order valence-electron chi connectivity index (χ1n) is 8.78. The Morgan fingerprint density at radius 2 is 2.20 bits per heavy atom. The molecule has 0 saturated carbocycles. The fraction of sp³-hybridized carbons (Fsp3) is 0.550. The van der Waals surface area contributed by atoms with Crippen LogP contribution in [0.4, 0.5) is 0 Å². The van der Waals surface area contributed by atoms with Crippen molar-refractivity contribution in [1.82, 2.24) is 0 Å². The van der Waals surface area contributed by atoms with Gasteiger partial charge in [-0.1, -0.05) is 32.6 Å². The molecule has 0 amide bonds. The van der Waals surface area contributed by atoms with Crippen molar-refractivity contribution >= 4 is 18.2 Å². The molecule has 136 valence electrons. The predicted octanol–water partition coefficient (Wildman–Crippen LogP) is 3.30.